The van der Waals surface area contributed by atoms with E-state index in [1.54, 1.807) is 38.1 Å². The summed E-state index contributed by atoms with van der Waals surface area (Å²) in [5, 5.41) is 2.66. The standard InChI is InChI=1S/C19H21F2N3O3S/c1-11-15(12(2)23-19(22-11)28-18(20)21)9-10-16(25)27-13(3)17(26)24-14-7-5-4-6-8-14/h4-8,13,18H,9-10H2,1-3H3,(H,24,26)/t13-/m1/s1. The summed E-state index contributed by atoms with van der Waals surface area (Å²) < 4.78 is 30.1. The van der Waals surface area contributed by atoms with E-state index in [1.807, 2.05) is 6.07 Å². The number of benzene rings is 1. The zero-order chi connectivity index (χ0) is 20.7. The van der Waals surface area contributed by atoms with Crippen molar-refractivity contribution in [3.05, 3.63) is 47.3 Å². The molecule has 1 atom stereocenters. The molecule has 9 heteroatoms. The number of thioether (sulfide) groups is 1. The van der Waals surface area contributed by atoms with Gasteiger partial charge in [-0.3, -0.25) is 9.59 Å². The topological polar surface area (TPSA) is 81.2 Å². The molecule has 1 heterocycles. The maximum absolute atomic E-state index is 12.5. The number of anilines is 1. The molecular weight excluding hydrogens is 388 g/mol. The van der Waals surface area contributed by atoms with Gasteiger partial charge in [0.2, 0.25) is 0 Å². The van der Waals surface area contributed by atoms with Gasteiger partial charge in [-0.15, -0.1) is 0 Å². The van der Waals surface area contributed by atoms with Crippen molar-refractivity contribution in [3.8, 4) is 0 Å². The molecule has 1 aromatic carbocycles. The van der Waals surface area contributed by atoms with Crippen molar-refractivity contribution in [2.45, 2.75) is 50.6 Å². The molecule has 0 saturated carbocycles. The number of esters is 1. The second-order valence-electron chi connectivity index (χ2n) is 6.02. The number of carbonyl (C=O) groups is 2. The molecule has 0 radical (unpaired) electrons. The van der Waals surface area contributed by atoms with Gasteiger partial charge in [0.25, 0.3) is 11.7 Å². The molecule has 0 fully saturated rings. The summed E-state index contributed by atoms with van der Waals surface area (Å²) in [4.78, 5) is 32.2. The number of aromatic nitrogens is 2. The average Bonchev–Trinajstić information content (AvgIpc) is 2.61. The number of para-hydroxylation sites is 1. The molecule has 1 aromatic heterocycles. The highest BCUT2D eigenvalue weighted by molar-refractivity contribution is 7.99. The summed E-state index contributed by atoms with van der Waals surface area (Å²) >= 11 is 0.280. The minimum Gasteiger partial charge on any atom is -0.453 e. The van der Waals surface area contributed by atoms with Gasteiger partial charge in [0, 0.05) is 23.5 Å². The van der Waals surface area contributed by atoms with Crippen molar-refractivity contribution in [2.75, 3.05) is 5.32 Å². The SMILES string of the molecule is Cc1nc(SC(F)F)nc(C)c1CCC(=O)O[C@H](C)C(=O)Nc1ccccc1. The molecule has 0 aliphatic carbocycles. The van der Waals surface area contributed by atoms with Crippen LogP contribution in [0, 0.1) is 13.8 Å². The summed E-state index contributed by atoms with van der Waals surface area (Å²) in [6.45, 7) is 4.85. The van der Waals surface area contributed by atoms with Gasteiger partial charge < -0.3 is 10.1 Å². The molecule has 1 amide bonds. The lowest BCUT2D eigenvalue weighted by Crippen LogP contribution is -2.30. The third-order valence-electron chi connectivity index (χ3n) is 3.89. The molecule has 28 heavy (non-hydrogen) atoms. The lowest BCUT2D eigenvalue weighted by Gasteiger charge is -2.14. The molecule has 0 aliphatic rings. The molecule has 0 spiro atoms. The Balaban J connectivity index is 1.89. The molecular formula is C19H21F2N3O3S. The maximum atomic E-state index is 12.5. The quantitative estimate of drug-likeness (QED) is 0.404. The number of nitrogens with zero attached hydrogens (tertiary/aromatic N) is 2. The largest absolute Gasteiger partial charge is 0.453 e. The second-order valence-corrected chi connectivity index (χ2v) is 6.98. The number of aryl methyl sites for hydroxylation is 2. The first kappa shape index (κ1) is 21.7. The number of rotatable bonds is 8. The lowest BCUT2D eigenvalue weighted by molar-refractivity contribution is -0.153. The summed E-state index contributed by atoms with van der Waals surface area (Å²) in [6, 6.07) is 8.85. The molecule has 2 rings (SSSR count). The maximum Gasteiger partial charge on any atom is 0.306 e. The van der Waals surface area contributed by atoms with Crippen molar-refractivity contribution < 1.29 is 23.1 Å². The van der Waals surface area contributed by atoms with E-state index in [9.17, 15) is 18.4 Å². The summed E-state index contributed by atoms with van der Waals surface area (Å²) in [6.07, 6.45) is -0.630. The van der Waals surface area contributed by atoms with Crippen LogP contribution in [-0.4, -0.2) is 33.7 Å². The molecule has 150 valence electrons. The zero-order valence-electron chi connectivity index (χ0n) is 15.7. The Bertz CT molecular complexity index is 811. The van der Waals surface area contributed by atoms with Crippen LogP contribution >= 0.6 is 11.8 Å². The van der Waals surface area contributed by atoms with Gasteiger partial charge in [0.15, 0.2) is 11.3 Å². The lowest BCUT2D eigenvalue weighted by atomic mass is 10.1. The van der Waals surface area contributed by atoms with Gasteiger partial charge in [-0.25, -0.2) is 9.97 Å². The first-order valence-electron chi connectivity index (χ1n) is 8.60. The molecule has 1 N–H and O–H groups in total. The van der Waals surface area contributed by atoms with E-state index < -0.39 is 23.7 Å². The van der Waals surface area contributed by atoms with Gasteiger partial charge >= 0.3 is 5.97 Å². The van der Waals surface area contributed by atoms with E-state index in [0.717, 1.165) is 0 Å². The number of carbonyl (C=O) groups excluding carboxylic acids is 2. The van der Waals surface area contributed by atoms with Gasteiger partial charge in [-0.1, -0.05) is 18.2 Å². The highest BCUT2D eigenvalue weighted by Crippen LogP contribution is 2.24. The minimum absolute atomic E-state index is 0.00234. The Morgan fingerprint density at radius 1 is 1.14 bits per heavy atom. The number of amides is 1. The predicted octanol–water partition coefficient (Wildman–Crippen LogP) is 3.91. The zero-order valence-corrected chi connectivity index (χ0v) is 16.6. The normalized spacial score (nSPS) is 11.9. The first-order chi connectivity index (χ1) is 13.3. The average molecular weight is 409 g/mol. The molecule has 0 saturated heterocycles. The first-order valence-corrected chi connectivity index (χ1v) is 9.48. The van der Waals surface area contributed by atoms with Crippen LogP contribution in [0.2, 0.25) is 0 Å². The molecule has 2 aromatic rings. The van der Waals surface area contributed by atoms with Crippen molar-refractivity contribution in [2.24, 2.45) is 0 Å². The second kappa shape index (κ2) is 10.1. The molecule has 6 nitrogen and oxygen atoms in total. The van der Waals surface area contributed by atoms with Gasteiger partial charge in [-0.05, 0) is 56.7 Å². The number of halogens is 2. The molecule has 0 unspecified atom stereocenters. The van der Waals surface area contributed by atoms with Crippen molar-refractivity contribution in [1.82, 2.24) is 9.97 Å². The van der Waals surface area contributed by atoms with Crippen molar-refractivity contribution in [3.63, 3.8) is 0 Å². The van der Waals surface area contributed by atoms with E-state index >= 15 is 0 Å². The summed E-state index contributed by atoms with van der Waals surface area (Å²) in [5.41, 5.74) is 2.40. The Hall–Kier alpha value is -2.55. The fraction of sp³-hybridized carbons (Fsp3) is 0.368. The molecule has 0 aliphatic heterocycles. The van der Waals surface area contributed by atoms with Crippen LogP contribution in [0.3, 0.4) is 0 Å². The van der Waals surface area contributed by atoms with E-state index in [0.29, 0.717) is 29.1 Å². The van der Waals surface area contributed by atoms with Gasteiger partial charge in [0.1, 0.15) is 0 Å². The summed E-state index contributed by atoms with van der Waals surface area (Å²) in [5.74, 6) is -3.56. The van der Waals surface area contributed by atoms with Crippen LogP contribution in [0.4, 0.5) is 14.5 Å². The van der Waals surface area contributed by atoms with Gasteiger partial charge in [-0.2, -0.15) is 8.78 Å². The van der Waals surface area contributed by atoms with Crippen LogP contribution in [0.1, 0.15) is 30.3 Å². The highest BCUT2D eigenvalue weighted by Gasteiger charge is 2.19. The Labute approximate surface area is 166 Å². The van der Waals surface area contributed by atoms with E-state index in [1.165, 1.54) is 6.92 Å². The fourth-order valence-electron chi connectivity index (χ4n) is 2.50. The number of hydrogen-bond acceptors (Lipinski definition) is 6. The highest BCUT2D eigenvalue weighted by atomic mass is 32.2. The minimum atomic E-state index is -2.59. The number of ether oxygens (including phenoxy) is 1. The van der Waals surface area contributed by atoms with Crippen LogP contribution in [0.15, 0.2) is 35.5 Å². The van der Waals surface area contributed by atoms with E-state index in [4.69, 9.17) is 4.74 Å². The molecule has 0 bridgehead atoms. The van der Waals surface area contributed by atoms with Crippen LogP contribution in [0.25, 0.3) is 0 Å². The van der Waals surface area contributed by atoms with E-state index in [-0.39, 0.29) is 23.3 Å². The van der Waals surface area contributed by atoms with Crippen molar-refractivity contribution in [1.29, 1.82) is 0 Å². The smallest absolute Gasteiger partial charge is 0.306 e. The van der Waals surface area contributed by atoms with Crippen LogP contribution in [0.5, 0.6) is 0 Å². The fourth-order valence-corrected chi connectivity index (χ4v) is 3.04. The Kier molecular flexibility index (Phi) is 7.86. The Morgan fingerprint density at radius 2 is 1.75 bits per heavy atom. The van der Waals surface area contributed by atoms with Crippen LogP contribution in [-0.2, 0) is 20.7 Å². The Morgan fingerprint density at radius 3 is 2.32 bits per heavy atom. The third kappa shape index (κ3) is 6.56. The monoisotopic (exact) mass is 409 g/mol. The number of alkyl halides is 2. The number of nitrogens with one attached hydrogen (secondary N) is 1. The van der Waals surface area contributed by atoms with Gasteiger partial charge in [0.05, 0.1) is 0 Å². The van der Waals surface area contributed by atoms with Crippen LogP contribution < -0.4 is 5.32 Å². The summed E-state index contributed by atoms with van der Waals surface area (Å²) in [7, 11) is 0. The third-order valence-corrected chi connectivity index (χ3v) is 4.46. The number of hydrogen-bond donors (Lipinski definition) is 1. The van der Waals surface area contributed by atoms with E-state index in [2.05, 4.69) is 15.3 Å². The predicted molar refractivity (Wildman–Crippen MR) is 102 cm³/mol. The van der Waals surface area contributed by atoms with Crippen molar-refractivity contribution >= 4 is 29.3 Å².